The van der Waals surface area contributed by atoms with Crippen molar-refractivity contribution in [2.45, 2.75) is 32.7 Å². The lowest BCUT2D eigenvalue weighted by Gasteiger charge is -2.23. The molecule has 1 unspecified atom stereocenters. The lowest BCUT2D eigenvalue weighted by molar-refractivity contribution is 0.729. The summed E-state index contributed by atoms with van der Waals surface area (Å²) in [5.74, 6) is 1.85. The third-order valence-corrected chi connectivity index (χ3v) is 4.27. The fraction of sp³-hybridized carbons (Fsp3) is 0.538. The topological polar surface area (TPSA) is 41.1 Å². The summed E-state index contributed by atoms with van der Waals surface area (Å²) >= 11 is 1.68. The van der Waals surface area contributed by atoms with Gasteiger partial charge in [-0.3, -0.25) is 0 Å². The number of hydrogen-bond donors (Lipinski definition) is 1. The SMILES string of the molecule is CCNc1nc(N2CCCC2C)c2ccsc2n1. The third-order valence-electron chi connectivity index (χ3n) is 3.46. The van der Waals surface area contributed by atoms with E-state index >= 15 is 0 Å². The second-order valence-corrected chi connectivity index (χ2v) is 5.62. The minimum absolute atomic E-state index is 0.581. The van der Waals surface area contributed by atoms with Gasteiger partial charge in [0.05, 0.1) is 5.39 Å². The van der Waals surface area contributed by atoms with Crippen LogP contribution in [0.5, 0.6) is 0 Å². The maximum atomic E-state index is 4.71. The van der Waals surface area contributed by atoms with E-state index in [0.29, 0.717) is 6.04 Å². The predicted octanol–water partition coefficient (Wildman–Crippen LogP) is 3.11. The summed E-state index contributed by atoms with van der Waals surface area (Å²) in [7, 11) is 0. The minimum Gasteiger partial charge on any atom is -0.354 e. The monoisotopic (exact) mass is 262 g/mol. The van der Waals surface area contributed by atoms with Gasteiger partial charge in [-0.05, 0) is 38.1 Å². The molecule has 1 N–H and O–H groups in total. The molecule has 1 aliphatic heterocycles. The Morgan fingerprint density at radius 2 is 2.39 bits per heavy atom. The Morgan fingerprint density at radius 1 is 1.50 bits per heavy atom. The van der Waals surface area contributed by atoms with Crippen LogP contribution >= 0.6 is 11.3 Å². The van der Waals surface area contributed by atoms with Crippen molar-refractivity contribution in [1.29, 1.82) is 0 Å². The van der Waals surface area contributed by atoms with Crippen LogP contribution in [0, 0.1) is 0 Å². The van der Waals surface area contributed by atoms with Crippen molar-refractivity contribution in [3.63, 3.8) is 0 Å². The number of hydrogen-bond acceptors (Lipinski definition) is 5. The highest BCUT2D eigenvalue weighted by atomic mass is 32.1. The molecule has 1 saturated heterocycles. The summed E-state index contributed by atoms with van der Waals surface area (Å²) in [6.07, 6.45) is 2.51. The zero-order chi connectivity index (χ0) is 12.5. The van der Waals surface area contributed by atoms with Crippen LogP contribution in [0.1, 0.15) is 26.7 Å². The number of rotatable bonds is 3. The van der Waals surface area contributed by atoms with Crippen LogP contribution in [0.25, 0.3) is 10.2 Å². The highest BCUT2D eigenvalue weighted by molar-refractivity contribution is 7.16. The van der Waals surface area contributed by atoms with Gasteiger partial charge in [-0.15, -0.1) is 11.3 Å². The molecule has 5 heteroatoms. The van der Waals surface area contributed by atoms with Gasteiger partial charge < -0.3 is 10.2 Å². The quantitative estimate of drug-likeness (QED) is 0.922. The molecule has 0 aliphatic carbocycles. The van der Waals surface area contributed by atoms with Crippen LogP contribution in [0.15, 0.2) is 11.4 Å². The lowest BCUT2D eigenvalue weighted by Crippen LogP contribution is -2.27. The zero-order valence-corrected chi connectivity index (χ0v) is 11.6. The molecule has 2 aromatic rings. The van der Waals surface area contributed by atoms with Crippen LogP contribution in [-0.4, -0.2) is 29.1 Å². The normalized spacial score (nSPS) is 19.7. The molecule has 0 saturated carbocycles. The molecule has 0 spiro atoms. The molecule has 1 atom stereocenters. The fourth-order valence-corrected chi connectivity index (χ4v) is 3.30. The number of thiophene rings is 1. The van der Waals surface area contributed by atoms with E-state index in [1.807, 2.05) is 0 Å². The van der Waals surface area contributed by atoms with Crippen molar-refractivity contribution < 1.29 is 0 Å². The van der Waals surface area contributed by atoms with Gasteiger partial charge >= 0.3 is 0 Å². The van der Waals surface area contributed by atoms with Gasteiger partial charge in [0, 0.05) is 19.1 Å². The summed E-state index contributed by atoms with van der Waals surface area (Å²) in [4.78, 5) is 12.8. The molecule has 1 aliphatic rings. The van der Waals surface area contributed by atoms with Gasteiger partial charge in [-0.25, -0.2) is 4.98 Å². The largest absolute Gasteiger partial charge is 0.354 e. The van der Waals surface area contributed by atoms with Crippen LogP contribution in [0.3, 0.4) is 0 Å². The third kappa shape index (κ3) is 1.92. The first-order valence-electron chi connectivity index (χ1n) is 6.55. The molecule has 0 radical (unpaired) electrons. The summed E-state index contributed by atoms with van der Waals surface area (Å²) in [5.41, 5.74) is 0. The maximum Gasteiger partial charge on any atom is 0.226 e. The van der Waals surface area contributed by atoms with E-state index in [9.17, 15) is 0 Å². The summed E-state index contributed by atoms with van der Waals surface area (Å²) in [6, 6.07) is 2.72. The van der Waals surface area contributed by atoms with E-state index in [0.717, 1.165) is 29.7 Å². The average Bonchev–Trinajstić information content (AvgIpc) is 2.97. The Labute approximate surface area is 111 Å². The van der Waals surface area contributed by atoms with Crippen LogP contribution in [-0.2, 0) is 0 Å². The smallest absolute Gasteiger partial charge is 0.226 e. The van der Waals surface area contributed by atoms with E-state index in [2.05, 4.69) is 40.5 Å². The molecule has 0 amide bonds. The molecule has 3 heterocycles. The number of anilines is 2. The van der Waals surface area contributed by atoms with Gasteiger partial charge in [0.15, 0.2) is 0 Å². The van der Waals surface area contributed by atoms with Gasteiger partial charge in [-0.2, -0.15) is 4.98 Å². The molecule has 2 aromatic heterocycles. The van der Waals surface area contributed by atoms with Crippen molar-refractivity contribution in [3.8, 4) is 0 Å². The first kappa shape index (κ1) is 11.7. The number of nitrogens with zero attached hydrogens (tertiary/aromatic N) is 3. The van der Waals surface area contributed by atoms with Crippen molar-refractivity contribution in [2.75, 3.05) is 23.3 Å². The second-order valence-electron chi connectivity index (χ2n) is 4.73. The predicted molar refractivity (Wildman–Crippen MR) is 77.6 cm³/mol. The van der Waals surface area contributed by atoms with E-state index in [1.165, 1.54) is 18.2 Å². The number of aromatic nitrogens is 2. The Bertz CT molecular complexity index is 551. The van der Waals surface area contributed by atoms with Crippen LogP contribution < -0.4 is 10.2 Å². The highest BCUT2D eigenvalue weighted by Crippen LogP contribution is 2.33. The Balaban J connectivity index is 2.10. The number of fused-ring (bicyclic) bond motifs is 1. The van der Waals surface area contributed by atoms with E-state index in [-0.39, 0.29) is 0 Å². The minimum atomic E-state index is 0.581. The first-order valence-corrected chi connectivity index (χ1v) is 7.43. The molecule has 18 heavy (non-hydrogen) atoms. The maximum absolute atomic E-state index is 4.71. The van der Waals surface area contributed by atoms with Crippen LogP contribution in [0.4, 0.5) is 11.8 Å². The molecule has 3 rings (SSSR count). The Morgan fingerprint density at radius 3 is 3.11 bits per heavy atom. The van der Waals surface area contributed by atoms with Crippen molar-refractivity contribution in [3.05, 3.63) is 11.4 Å². The Kier molecular flexibility index (Phi) is 3.07. The van der Waals surface area contributed by atoms with Gasteiger partial charge in [0.25, 0.3) is 0 Å². The van der Waals surface area contributed by atoms with Gasteiger partial charge in [-0.1, -0.05) is 0 Å². The van der Waals surface area contributed by atoms with Crippen molar-refractivity contribution >= 4 is 33.3 Å². The fourth-order valence-electron chi connectivity index (χ4n) is 2.54. The molecular weight excluding hydrogens is 244 g/mol. The van der Waals surface area contributed by atoms with Crippen LogP contribution in [0.2, 0.25) is 0 Å². The van der Waals surface area contributed by atoms with E-state index in [4.69, 9.17) is 4.98 Å². The lowest BCUT2D eigenvalue weighted by atomic mass is 10.2. The zero-order valence-electron chi connectivity index (χ0n) is 10.8. The van der Waals surface area contributed by atoms with Gasteiger partial charge in [0.2, 0.25) is 5.95 Å². The summed E-state index contributed by atoms with van der Waals surface area (Å²) in [6.45, 7) is 6.31. The molecule has 96 valence electrons. The van der Waals surface area contributed by atoms with Gasteiger partial charge in [0.1, 0.15) is 10.6 Å². The highest BCUT2D eigenvalue weighted by Gasteiger charge is 2.24. The molecule has 1 fully saturated rings. The van der Waals surface area contributed by atoms with Crippen molar-refractivity contribution in [1.82, 2.24) is 9.97 Å². The standard InChI is InChI=1S/C13H18N4S/c1-3-14-13-15-11(17-7-4-5-9(17)2)10-6-8-18-12(10)16-13/h6,8-9H,3-5,7H2,1-2H3,(H,14,15,16). The second kappa shape index (κ2) is 4.72. The molecule has 0 aromatic carbocycles. The molecular formula is C13H18N4S. The Hall–Kier alpha value is -1.36. The van der Waals surface area contributed by atoms with E-state index in [1.54, 1.807) is 11.3 Å². The average molecular weight is 262 g/mol. The van der Waals surface area contributed by atoms with E-state index < -0.39 is 0 Å². The molecule has 4 nitrogen and oxygen atoms in total. The first-order chi connectivity index (χ1) is 8.79. The summed E-state index contributed by atoms with van der Waals surface area (Å²) in [5, 5.41) is 6.51. The summed E-state index contributed by atoms with van der Waals surface area (Å²) < 4.78 is 0. The molecule has 0 bridgehead atoms. The number of nitrogens with one attached hydrogen (secondary N) is 1. The van der Waals surface area contributed by atoms with Crippen molar-refractivity contribution in [2.24, 2.45) is 0 Å².